The summed E-state index contributed by atoms with van der Waals surface area (Å²) in [5.74, 6) is 0.434. The van der Waals surface area contributed by atoms with Crippen molar-refractivity contribution in [3.63, 3.8) is 0 Å². The molecule has 0 aromatic heterocycles. The Hall–Kier alpha value is -1.79. The van der Waals surface area contributed by atoms with Crippen LogP contribution in [0.1, 0.15) is 19.4 Å². The average Bonchev–Trinajstić information content (AvgIpc) is 2.53. The fraction of sp³-hybridized carbons (Fsp3) is 0.176. The van der Waals surface area contributed by atoms with Crippen LogP contribution >= 0.6 is 15.9 Å². The first-order chi connectivity index (χ1) is 10.7. The molecule has 0 bridgehead atoms. The van der Waals surface area contributed by atoms with E-state index < -0.39 is 15.4 Å². The topological polar surface area (TPSA) is 63.6 Å². The zero-order valence-electron chi connectivity index (χ0n) is 12.6. The molecule has 1 aliphatic rings. The highest BCUT2D eigenvalue weighted by atomic mass is 79.9. The van der Waals surface area contributed by atoms with Crippen LogP contribution in [0.15, 0.2) is 62.8 Å². The minimum Gasteiger partial charge on any atom is -0.506 e. The first-order valence-corrected chi connectivity index (χ1v) is 9.24. The highest BCUT2D eigenvalue weighted by Gasteiger charge is 2.34. The predicted octanol–water partition coefficient (Wildman–Crippen LogP) is 4.31. The van der Waals surface area contributed by atoms with Gasteiger partial charge in [-0.05, 0) is 60.1 Å². The van der Waals surface area contributed by atoms with E-state index in [1.165, 1.54) is 12.1 Å². The summed E-state index contributed by atoms with van der Waals surface area (Å²) in [6.07, 6.45) is 0. The molecule has 1 aliphatic heterocycles. The van der Waals surface area contributed by atoms with E-state index in [1.54, 1.807) is 36.4 Å². The van der Waals surface area contributed by atoms with Crippen LogP contribution < -0.4 is 4.74 Å². The molecule has 1 heterocycles. The summed E-state index contributed by atoms with van der Waals surface area (Å²) in [7, 11) is -3.65. The zero-order valence-corrected chi connectivity index (χ0v) is 15.0. The zero-order chi connectivity index (χ0) is 16.8. The third-order valence-corrected chi connectivity index (χ3v) is 6.77. The van der Waals surface area contributed by atoms with Gasteiger partial charge in [-0.1, -0.05) is 18.2 Å². The van der Waals surface area contributed by atoms with Crippen molar-refractivity contribution in [2.24, 2.45) is 0 Å². The van der Waals surface area contributed by atoms with Crippen molar-refractivity contribution in [1.29, 1.82) is 0 Å². The first-order valence-electron chi connectivity index (χ1n) is 6.96. The molecular formula is C17H15BrO4S. The molecule has 0 radical (unpaired) electrons. The number of hydrogen-bond donors (Lipinski definition) is 1. The monoisotopic (exact) mass is 394 g/mol. The predicted molar refractivity (Wildman–Crippen MR) is 91.5 cm³/mol. The van der Waals surface area contributed by atoms with Gasteiger partial charge < -0.3 is 9.84 Å². The van der Waals surface area contributed by atoms with Gasteiger partial charge in [-0.15, -0.1) is 0 Å². The van der Waals surface area contributed by atoms with Crippen LogP contribution in [0.5, 0.6) is 5.75 Å². The SMILES string of the molecule is CC1(C)Oc2ccc(S(=O)(=O)c3ccccc3)cc2C(O)=C1Br. The molecule has 0 fully saturated rings. The summed E-state index contributed by atoms with van der Waals surface area (Å²) >= 11 is 3.32. The van der Waals surface area contributed by atoms with Gasteiger partial charge in [-0.25, -0.2) is 8.42 Å². The Morgan fingerprint density at radius 2 is 1.70 bits per heavy atom. The molecule has 0 atom stereocenters. The van der Waals surface area contributed by atoms with E-state index >= 15 is 0 Å². The standard InChI is InChI=1S/C17H15BrO4S/c1-17(2)16(18)15(19)13-10-12(8-9-14(13)22-17)23(20,21)11-6-4-3-5-7-11/h3-10,19H,1-2H3. The lowest BCUT2D eigenvalue weighted by molar-refractivity contribution is 0.150. The van der Waals surface area contributed by atoms with Crippen LogP contribution in [0.25, 0.3) is 5.76 Å². The number of sulfone groups is 1. The van der Waals surface area contributed by atoms with Gasteiger partial charge in [0.25, 0.3) is 0 Å². The van der Waals surface area contributed by atoms with Gasteiger partial charge in [0, 0.05) is 0 Å². The minimum atomic E-state index is -3.65. The molecule has 120 valence electrons. The Labute approximate surface area is 143 Å². The van der Waals surface area contributed by atoms with Crippen molar-refractivity contribution < 1.29 is 18.3 Å². The second-order valence-electron chi connectivity index (χ2n) is 5.75. The Morgan fingerprint density at radius 1 is 1.04 bits per heavy atom. The number of ether oxygens (including phenoxy) is 1. The summed E-state index contributed by atoms with van der Waals surface area (Å²) in [4.78, 5) is 0.317. The molecule has 0 unspecified atom stereocenters. The van der Waals surface area contributed by atoms with E-state index in [-0.39, 0.29) is 15.6 Å². The minimum absolute atomic E-state index is 0.0126. The van der Waals surface area contributed by atoms with Gasteiger partial charge in [-0.3, -0.25) is 0 Å². The van der Waals surface area contributed by atoms with Crippen LogP contribution in [-0.2, 0) is 9.84 Å². The molecule has 3 rings (SSSR count). The van der Waals surface area contributed by atoms with Crippen molar-refractivity contribution in [3.8, 4) is 5.75 Å². The quantitative estimate of drug-likeness (QED) is 0.823. The number of fused-ring (bicyclic) bond motifs is 1. The molecule has 4 nitrogen and oxygen atoms in total. The molecule has 23 heavy (non-hydrogen) atoms. The van der Waals surface area contributed by atoms with Gasteiger partial charge >= 0.3 is 0 Å². The summed E-state index contributed by atoms with van der Waals surface area (Å²) in [5.41, 5.74) is -0.357. The van der Waals surface area contributed by atoms with E-state index in [1.807, 2.05) is 13.8 Å². The van der Waals surface area contributed by atoms with Crippen LogP contribution in [0.2, 0.25) is 0 Å². The largest absolute Gasteiger partial charge is 0.506 e. The van der Waals surface area contributed by atoms with Crippen molar-refractivity contribution in [1.82, 2.24) is 0 Å². The Morgan fingerprint density at radius 3 is 2.35 bits per heavy atom. The molecule has 2 aromatic carbocycles. The van der Waals surface area contributed by atoms with Crippen molar-refractivity contribution in [2.75, 3.05) is 0 Å². The summed E-state index contributed by atoms with van der Waals surface area (Å²) < 4.78 is 31.7. The third-order valence-electron chi connectivity index (χ3n) is 3.67. The van der Waals surface area contributed by atoms with Crippen LogP contribution in [-0.4, -0.2) is 19.1 Å². The van der Waals surface area contributed by atoms with E-state index in [2.05, 4.69) is 15.9 Å². The smallest absolute Gasteiger partial charge is 0.206 e. The molecule has 0 amide bonds. The van der Waals surface area contributed by atoms with Gasteiger partial charge in [-0.2, -0.15) is 0 Å². The first kappa shape index (κ1) is 16.1. The molecular weight excluding hydrogens is 380 g/mol. The number of aliphatic hydroxyl groups excluding tert-OH is 1. The Kier molecular flexibility index (Phi) is 3.77. The third kappa shape index (κ3) is 2.66. The highest BCUT2D eigenvalue weighted by Crippen LogP contribution is 2.43. The van der Waals surface area contributed by atoms with Gasteiger partial charge in [0.15, 0.2) is 0 Å². The van der Waals surface area contributed by atoms with Crippen molar-refractivity contribution in [3.05, 3.63) is 58.6 Å². The lowest BCUT2D eigenvalue weighted by atomic mass is 10.0. The number of hydrogen-bond acceptors (Lipinski definition) is 4. The maximum atomic E-state index is 12.7. The van der Waals surface area contributed by atoms with Crippen LogP contribution in [0.4, 0.5) is 0 Å². The van der Waals surface area contributed by atoms with Gasteiger partial charge in [0.2, 0.25) is 9.84 Å². The Balaban J connectivity index is 2.15. The van der Waals surface area contributed by atoms with Crippen molar-refractivity contribution >= 4 is 31.5 Å². The van der Waals surface area contributed by atoms with E-state index in [0.717, 1.165) is 0 Å². The molecule has 0 saturated heterocycles. The maximum Gasteiger partial charge on any atom is 0.206 e. The maximum absolute atomic E-state index is 12.7. The fourth-order valence-electron chi connectivity index (χ4n) is 2.41. The molecule has 2 aromatic rings. The molecule has 1 N–H and O–H groups in total. The molecule has 0 aliphatic carbocycles. The number of halogens is 1. The van der Waals surface area contributed by atoms with E-state index in [0.29, 0.717) is 15.8 Å². The highest BCUT2D eigenvalue weighted by molar-refractivity contribution is 9.12. The lowest BCUT2D eigenvalue weighted by Gasteiger charge is -2.32. The summed E-state index contributed by atoms with van der Waals surface area (Å²) in [5, 5.41) is 10.4. The van der Waals surface area contributed by atoms with Crippen LogP contribution in [0, 0.1) is 0 Å². The average molecular weight is 395 g/mol. The van der Waals surface area contributed by atoms with Crippen molar-refractivity contribution in [2.45, 2.75) is 29.2 Å². The lowest BCUT2D eigenvalue weighted by Crippen LogP contribution is -2.32. The molecule has 6 heteroatoms. The van der Waals surface area contributed by atoms with Gasteiger partial charge in [0.05, 0.1) is 19.8 Å². The second-order valence-corrected chi connectivity index (χ2v) is 8.49. The molecule has 0 spiro atoms. The summed E-state index contributed by atoms with van der Waals surface area (Å²) in [6.45, 7) is 3.62. The number of aliphatic hydroxyl groups is 1. The molecule has 0 saturated carbocycles. The number of benzene rings is 2. The normalized spacial score (nSPS) is 16.7. The summed E-state index contributed by atoms with van der Waals surface area (Å²) in [6, 6.07) is 12.7. The van der Waals surface area contributed by atoms with E-state index in [4.69, 9.17) is 4.74 Å². The van der Waals surface area contributed by atoms with E-state index in [9.17, 15) is 13.5 Å². The number of rotatable bonds is 2. The fourth-order valence-corrected chi connectivity index (χ4v) is 4.01. The Bertz CT molecular complexity index is 899. The van der Waals surface area contributed by atoms with Crippen LogP contribution in [0.3, 0.4) is 0 Å². The second kappa shape index (κ2) is 5.39. The van der Waals surface area contributed by atoms with Gasteiger partial charge in [0.1, 0.15) is 17.1 Å².